The highest BCUT2D eigenvalue weighted by Gasteiger charge is 2.41. The first-order valence-corrected chi connectivity index (χ1v) is 8.94. The maximum Gasteiger partial charge on any atom is 0.417 e. The molecule has 146 valence electrons. The number of hydrogen-bond acceptors (Lipinski definition) is 6. The van der Waals surface area contributed by atoms with Crippen LogP contribution in [0.3, 0.4) is 0 Å². The van der Waals surface area contributed by atoms with E-state index >= 15 is 0 Å². The number of imide groups is 1. The number of aromatic nitrogens is 2. The highest BCUT2D eigenvalue weighted by atomic mass is 16.6. The van der Waals surface area contributed by atoms with Crippen molar-refractivity contribution in [1.82, 2.24) is 19.6 Å². The Morgan fingerprint density at radius 2 is 2.11 bits per heavy atom. The minimum atomic E-state index is -0.634. The van der Waals surface area contributed by atoms with E-state index in [9.17, 15) is 14.4 Å². The molecule has 4 rings (SSSR count). The maximum atomic E-state index is 13.0. The molecule has 0 N–H and O–H groups in total. The number of hydrogen-bond donors (Lipinski definition) is 0. The van der Waals surface area contributed by atoms with Crippen molar-refractivity contribution in [2.24, 2.45) is 7.05 Å². The Balaban J connectivity index is 1.52. The first kappa shape index (κ1) is 18.0. The Morgan fingerprint density at radius 3 is 2.82 bits per heavy atom. The molecule has 0 spiro atoms. The second kappa shape index (κ2) is 6.99. The number of methoxy groups -OCH3 is 1. The summed E-state index contributed by atoms with van der Waals surface area (Å²) >= 11 is 0. The number of aryl methyl sites for hydroxylation is 1. The quantitative estimate of drug-likeness (QED) is 0.789. The van der Waals surface area contributed by atoms with Crippen LogP contribution in [0.1, 0.15) is 16.9 Å². The van der Waals surface area contributed by atoms with Crippen LogP contribution in [0.5, 0.6) is 5.75 Å². The van der Waals surface area contributed by atoms with Gasteiger partial charge in [0.15, 0.2) is 6.61 Å². The Morgan fingerprint density at radius 1 is 1.29 bits per heavy atom. The molecule has 0 saturated carbocycles. The maximum absolute atomic E-state index is 13.0. The van der Waals surface area contributed by atoms with Crippen LogP contribution in [-0.2, 0) is 16.6 Å². The Hall–Kier alpha value is -3.36. The third-order valence-corrected chi connectivity index (χ3v) is 5.06. The van der Waals surface area contributed by atoms with Crippen molar-refractivity contribution in [1.29, 1.82) is 0 Å². The number of ether oxygens (including phenoxy) is 2. The standard InChI is InChI=1S/C19H20N4O5/c1-21-16(9-15(20-21)12-4-3-5-14(8-12)27-2)18(25)22-7-6-13(10-22)23-17(24)11-28-19(23)26/h3-5,8-9,13H,6-7,10-11H2,1-2H3. The normalized spacial score (nSPS) is 19.3. The van der Waals surface area contributed by atoms with E-state index in [0.717, 1.165) is 10.5 Å². The number of nitrogens with zero attached hydrogens (tertiary/aromatic N) is 4. The first-order chi connectivity index (χ1) is 13.5. The largest absolute Gasteiger partial charge is 0.497 e. The fourth-order valence-electron chi connectivity index (χ4n) is 3.61. The van der Waals surface area contributed by atoms with E-state index in [1.807, 2.05) is 24.3 Å². The zero-order valence-electron chi connectivity index (χ0n) is 15.6. The monoisotopic (exact) mass is 384 g/mol. The van der Waals surface area contributed by atoms with Crippen molar-refractivity contribution in [3.05, 3.63) is 36.0 Å². The van der Waals surface area contributed by atoms with Gasteiger partial charge in [0.1, 0.15) is 11.4 Å². The van der Waals surface area contributed by atoms with Crippen LogP contribution >= 0.6 is 0 Å². The van der Waals surface area contributed by atoms with Crippen LogP contribution in [-0.4, -0.2) is 70.3 Å². The fourth-order valence-corrected chi connectivity index (χ4v) is 3.61. The second-order valence-corrected chi connectivity index (χ2v) is 6.78. The highest BCUT2D eigenvalue weighted by molar-refractivity contribution is 5.98. The molecule has 9 nitrogen and oxygen atoms in total. The minimum Gasteiger partial charge on any atom is -0.497 e. The molecular weight excluding hydrogens is 364 g/mol. The van der Waals surface area contributed by atoms with Crippen molar-refractivity contribution >= 4 is 17.9 Å². The van der Waals surface area contributed by atoms with Gasteiger partial charge in [0.05, 0.1) is 18.8 Å². The molecule has 2 aromatic rings. The molecule has 2 aliphatic heterocycles. The molecule has 3 heterocycles. The number of carbonyl (C=O) groups is 3. The van der Waals surface area contributed by atoms with Gasteiger partial charge < -0.3 is 14.4 Å². The topological polar surface area (TPSA) is 94.0 Å². The van der Waals surface area contributed by atoms with Gasteiger partial charge in [-0.3, -0.25) is 14.3 Å². The third kappa shape index (κ3) is 3.08. The van der Waals surface area contributed by atoms with E-state index in [0.29, 0.717) is 36.6 Å². The zero-order valence-corrected chi connectivity index (χ0v) is 15.6. The lowest BCUT2D eigenvalue weighted by atomic mass is 10.1. The van der Waals surface area contributed by atoms with Crippen molar-refractivity contribution in [2.45, 2.75) is 12.5 Å². The highest BCUT2D eigenvalue weighted by Crippen LogP contribution is 2.25. The Labute approximate surface area is 161 Å². The van der Waals surface area contributed by atoms with Crippen molar-refractivity contribution in [3.63, 3.8) is 0 Å². The number of rotatable bonds is 4. The Kier molecular flexibility index (Phi) is 4.50. The summed E-state index contributed by atoms with van der Waals surface area (Å²) in [5.41, 5.74) is 1.95. The van der Waals surface area contributed by atoms with Crippen LogP contribution in [0, 0.1) is 0 Å². The number of likely N-dealkylation sites (tertiary alicyclic amines) is 1. The molecule has 2 saturated heterocycles. The van der Waals surface area contributed by atoms with Crippen LogP contribution in [0.4, 0.5) is 4.79 Å². The van der Waals surface area contributed by atoms with E-state index in [4.69, 9.17) is 9.47 Å². The SMILES string of the molecule is COc1cccc(-c2cc(C(=O)N3CCC(N4C(=O)COC4=O)C3)n(C)n2)c1. The molecule has 1 aromatic carbocycles. The lowest BCUT2D eigenvalue weighted by Gasteiger charge is -2.20. The Bertz CT molecular complexity index is 938. The fraction of sp³-hybridized carbons (Fsp3) is 0.368. The van der Waals surface area contributed by atoms with Crippen molar-refractivity contribution in [2.75, 3.05) is 26.8 Å². The van der Waals surface area contributed by atoms with Gasteiger partial charge in [0.2, 0.25) is 0 Å². The van der Waals surface area contributed by atoms with Crippen LogP contribution in [0.2, 0.25) is 0 Å². The molecule has 28 heavy (non-hydrogen) atoms. The lowest BCUT2D eigenvalue weighted by molar-refractivity contribution is -0.127. The summed E-state index contributed by atoms with van der Waals surface area (Å²) in [5.74, 6) is 0.164. The van der Waals surface area contributed by atoms with Gasteiger partial charge >= 0.3 is 6.09 Å². The zero-order chi connectivity index (χ0) is 19.8. The summed E-state index contributed by atoms with van der Waals surface area (Å²) in [7, 11) is 3.31. The molecule has 0 aliphatic carbocycles. The minimum absolute atomic E-state index is 0.188. The molecular formula is C19H20N4O5. The summed E-state index contributed by atoms with van der Waals surface area (Å²) in [6.45, 7) is 0.522. The van der Waals surface area contributed by atoms with E-state index in [-0.39, 0.29) is 24.5 Å². The van der Waals surface area contributed by atoms with Gasteiger partial charge in [-0.2, -0.15) is 5.10 Å². The molecule has 2 aliphatic rings. The average molecular weight is 384 g/mol. The first-order valence-electron chi connectivity index (χ1n) is 8.94. The smallest absolute Gasteiger partial charge is 0.417 e. The van der Waals surface area contributed by atoms with Gasteiger partial charge in [-0.15, -0.1) is 0 Å². The molecule has 9 heteroatoms. The van der Waals surface area contributed by atoms with Gasteiger partial charge in [-0.25, -0.2) is 9.69 Å². The molecule has 1 aromatic heterocycles. The molecule has 0 radical (unpaired) electrons. The predicted molar refractivity (Wildman–Crippen MR) is 97.7 cm³/mol. The molecule has 0 bridgehead atoms. The summed E-state index contributed by atoms with van der Waals surface area (Å²) in [6.07, 6.45) is -0.0992. The van der Waals surface area contributed by atoms with E-state index < -0.39 is 6.09 Å². The van der Waals surface area contributed by atoms with Gasteiger partial charge in [0, 0.05) is 25.7 Å². The number of cyclic esters (lactones) is 1. The summed E-state index contributed by atoms with van der Waals surface area (Å²) < 4.78 is 11.6. The van der Waals surface area contributed by atoms with Crippen LogP contribution in [0.15, 0.2) is 30.3 Å². The van der Waals surface area contributed by atoms with E-state index in [1.54, 1.807) is 29.8 Å². The van der Waals surface area contributed by atoms with Crippen LogP contribution in [0.25, 0.3) is 11.3 Å². The third-order valence-electron chi connectivity index (χ3n) is 5.06. The molecule has 1 unspecified atom stereocenters. The van der Waals surface area contributed by atoms with E-state index in [2.05, 4.69) is 5.10 Å². The lowest BCUT2D eigenvalue weighted by Crippen LogP contribution is -2.42. The van der Waals surface area contributed by atoms with E-state index in [1.165, 1.54) is 0 Å². The molecule has 1 atom stereocenters. The molecule has 2 fully saturated rings. The van der Waals surface area contributed by atoms with Crippen molar-refractivity contribution < 1.29 is 23.9 Å². The average Bonchev–Trinajstić information content (AvgIpc) is 3.40. The van der Waals surface area contributed by atoms with Gasteiger partial charge in [0.25, 0.3) is 11.8 Å². The number of benzene rings is 1. The van der Waals surface area contributed by atoms with Gasteiger partial charge in [-0.05, 0) is 24.6 Å². The van der Waals surface area contributed by atoms with Crippen molar-refractivity contribution in [3.8, 4) is 17.0 Å². The predicted octanol–water partition coefficient (Wildman–Crippen LogP) is 1.29. The van der Waals surface area contributed by atoms with Gasteiger partial charge in [-0.1, -0.05) is 12.1 Å². The number of amides is 3. The summed E-state index contributed by atoms with van der Waals surface area (Å²) in [5, 5.41) is 4.44. The summed E-state index contributed by atoms with van der Waals surface area (Å²) in [6, 6.07) is 8.84. The molecule has 3 amide bonds. The second-order valence-electron chi connectivity index (χ2n) is 6.78. The summed E-state index contributed by atoms with van der Waals surface area (Å²) in [4.78, 5) is 39.3. The number of carbonyl (C=O) groups excluding carboxylic acids is 3. The van der Waals surface area contributed by atoms with Crippen LogP contribution < -0.4 is 4.74 Å².